The molecular weight excluding hydrogens is 250 g/mol. The smallest absolute Gasteiger partial charge is 0.240 e. The third kappa shape index (κ3) is 2.72. The highest BCUT2D eigenvalue weighted by molar-refractivity contribution is 7.89. The van der Waals surface area contributed by atoms with Gasteiger partial charge in [0.1, 0.15) is 0 Å². The molecule has 1 aliphatic rings. The molecule has 0 saturated heterocycles. The number of sulfonamides is 1. The van der Waals surface area contributed by atoms with Crippen LogP contribution in [0.3, 0.4) is 0 Å². The summed E-state index contributed by atoms with van der Waals surface area (Å²) in [5.41, 5.74) is 7.88. The van der Waals surface area contributed by atoms with Gasteiger partial charge in [0.05, 0.1) is 4.90 Å². The second-order valence-electron chi connectivity index (χ2n) is 4.45. The van der Waals surface area contributed by atoms with E-state index in [0.29, 0.717) is 11.4 Å². The van der Waals surface area contributed by atoms with Gasteiger partial charge < -0.3 is 5.73 Å². The molecule has 0 spiro atoms. The Labute approximate surface area is 108 Å². The fraction of sp³-hybridized carbons (Fsp3) is 0.500. The molecule has 100 valence electrons. The second kappa shape index (κ2) is 5.36. The monoisotopic (exact) mass is 269 g/mol. The summed E-state index contributed by atoms with van der Waals surface area (Å²) < 4.78 is 25.8. The minimum absolute atomic E-state index is 0.332. The molecule has 1 aromatic carbocycles. The lowest BCUT2D eigenvalue weighted by Gasteiger charge is -2.28. The molecule has 1 aromatic rings. The van der Waals surface area contributed by atoms with E-state index in [-0.39, 0.29) is 0 Å². The van der Waals surface area contributed by atoms with Gasteiger partial charge in [-0.3, -0.25) is 4.90 Å². The van der Waals surface area contributed by atoms with Crippen LogP contribution in [-0.4, -0.2) is 40.0 Å². The highest BCUT2D eigenvalue weighted by Gasteiger charge is 2.19. The summed E-state index contributed by atoms with van der Waals surface area (Å²) in [7, 11) is -1.93. The van der Waals surface area contributed by atoms with Crippen molar-refractivity contribution in [1.82, 2.24) is 9.62 Å². The van der Waals surface area contributed by atoms with Crippen molar-refractivity contribution in [1.29, 1.82) is 0 Å². The van der Waals surface area contributed by atoms with E-state index in [9.17, 15) is 8.42 Å². The molecule has 0 fully saturated rings. The first-order valence-corrected chi connectivity index (χ1v) is 7.53. The predicted molar refractivity (Wildman–Crippen MR) is 70.7 cm³/mol. The molecule has 0 radical (unpaired) electrons. The van der Waals surface area contributed by atoms with Gasteiger partial charge in [-0.15, -0.1) is 0 Å². The van der Waals surface area contributed by atoms with Gasteiger partial charge in [0, 0.05) is 26.2 Å². The number of benzene rings is 1. The molecule has 0 amide bonds. The number of nitrogens with one attached hydrogen (secondary N) is 1. The fourth-order valence-electron chi connectivity index (χ4n) is 2.25. The topological polar surface area (TPSA) is 75.4 Å². The quantitative estimate of drug-likeness (QED) is 0.801. The molecule has 1 aliphatic heterocycles. The Morgan fingerprint density at radius 2 is 2.17 bits per heavy atom. The van der Waals surface area contributed by atoms with Crippen LogP contribution in [0.15, 0.2) is 23.1 Å². The number of fused-ring (bicyclic) bond motifs is 1. The normalized spacial score (nSPS) is 16.6. The lowest BCUT2D eigenvalue weighted by atomic mass is 10.00. The second-order valence-corrected chi connectivity index (χ2v) is 6.34. The minimum atomic E-state index is -3.35. The van der Waals surface area contributed by atoms with E-state index >= 15 is 0 Å². The van der Waals surface area contributed by atoms with Crippen LogP contribution >= 0.6 is 0 Å². The van der Waals surface area contributed by atoms with E-state index in [2.05, 4.69) is 9.62 Å². The van der Waals surface area contributed by atoms with Gasteiger partial charge in [0.25, 0.3) is 0 Å². The number of rotatable bonds is 4. The van der Waals surface area contributed by atoms with Crippen LogP contribution in [0.1, 0.15) is 11.1 Å². The van der Waals surface area contributed by atoms with Crippen molar-refractivity contribution < 1.29 is 8.42 Å². The first-order valence-electron chi connectivity index (χ1n) is 6.04. The largest absolute Gasteiger partial charge is 0.329 e. The van der Waals surface area contributed by atoms with Gasteiger partial charge in [-0.2, -0.15) is 0 Å². The van der Waals surface area contributed by atoms with Gasteiger partial charge in [0.15, 0.2) is 0 Å². The van der Waals surface area contributed by atoms with E-state index in [4.69, 9.17) is 5.73 Å². The summed E-state index contributed by atoms with van der Waals surface area (Å²) in [6, 6.07) is 5.35. The zero-order valence-corrected chi connectivity index (χ0v) is 11.3. The van der Waals surface area contributed by atoms with Crippen LogP contribution in [0.4, 0.5) is 0 Å². The molecule has 0 aromatic heterocycles. The van der Waals surface area contributed by atoms with E-state index in [1.54, 1.807) is 12.1 Å². The van der Waals surface area contributed by atoms with Gasteiger partial charge in [-0.25, -0.2) is 13.1 Å². The molecule has 0 bridgehead atoms. The van der Waals surface area contributed by atoms with Crippen molar-refractivity contribution in [3.05, 3.63) is 29.3 Å². The van der Waals surface area contributed by atoms with Crippen LogP contribution in [0.5, 0.6) is 0 Å². The Morgan fingerprint density at radius 3 is 2.83 bits per heavy atom. The number of nitrogens with zero attached hydrogens (tertiary/aromatic N) is 1. The van der Waals surface area contributed by atoms with Crippen molar-refractivity contribution >= 4 is 10.0 Å². The summed E-state index contributed by atoms with van der Waals surface area (Å²) in [6.07, 6.45) is 0.954. The SMILES string of the molecule is CNS(=O)(=O)c1ccc2c(c1)CN(CCN)CC2. The van der Waals surface area contributed by atoms with Crippen LogP contribution in [0.25, 0.3) is 0 Å². The summed E-state index contributed by atoms with van der Waals surface area (Å²) in [6.45, 7) is 3.24. The lowest BCUT2D eigenvalue weighted by molar-refractivity contribution is 0.261. The molecule has 6 heteroatoms. The summed E-state index contributed by atoms with van der Waals surface area (Å²) in [5, 5.41) is 0. The maximum Gasteiger partial charge on any atom is 0.240 e. The van der Waals surface area contributed by atoms with Crippen LogP contribution < -0.4 is 10.5 Å². The van der Waals surface area contributed by atoms with Gasteiger partial charge in [-0.1, -0.05) is 6.07 Å². The third-order valence-corrected chi connectivity index (χ3v) is 4.71. The number of hydrogen-bond donors (Lipinski definition) is 2. The standard InChI is InChI=1S/C12H19N3O2S/c1-14-18(16,17)12-3-2-10-4-6-15(7-5-13)9-11(10)8-12/h2-3,8,14H,4-7,9,13H2,1H3. The zero-order chi connectivity index (χ0) is 13.2. The van der Waals surface area contributed by atoms with Crippen molar-refractivity contribution in [3.8, 4) is 0 Å². The molecule has 5 nitrogen and oxygen atoms in total. The molecule has 0 aliphatic carbocycles. The number of nitrogens with two attached hydrogens (primary N) is 1. The fourth-order valence-corrected chi connectivity index (χ4v) is 3.03. The Kier molecular flexibility index (Phi) is 4.01. The van der Waals surface area contributed by atoms with E-state index in [1.165, 1.54) is 12.6 Å². The van der Waals surface area contributed by atoms with Crippen molar-refractivity contribution in [2.45, 2.75) is 17.9 Å². The minimum Gasteiger partial charge on any atom is -0.329 e. The summed E-state index contributed by atoms with van der Waals surface area (Å²) in [5.74, 6) is 0. The summed E-state index contributed by atoms with van der Waals surface area (Å²) >= 11 is 0. The molecule has 18 heavy (non-hydrogen) atoms. The first kappa shape index (κ1) is 13.5. The van der Waals surface area contributed by atoms with Crippen molar-refractivity contribution in [2.24, 2.45) is 5.73 Å². The highest BCUT2D eigenvalue weighted by Crippen LogP contribution is 2.22. The molecule has 2 rings (SSSR count). The molecule has 0 saturated carbocycles. The lowest BCUT2D eigenvalue weighted by Crippen LogP contribution is -2.34. The first-order chi connectivity index (χ1) is 8.56. The maximum atomic E-state index is 11.7. The van der Waals surface area contributed by atoms with Crippen molar-refractivity contribution in [2.75, 3.05) is 26.7 Å². The molecular formula is C12H19N3O2S. The average Bonchev–Trinajstić information content (AvgIpc) is 2.38. The van der Waals surface area contributed by atoms with E-state index in [1.807, 2.05) is 6.07 Å². The Morgan fingerprint density at radius 1 is 1.39 bits per heavy atom. The Balaban J connectivity index is 2.29. The van der Waals surface area contributed by atoms with Gasteiger partial charge in [0.2, 0.25) is 10.0 Å². The van der Waals surface area contributed by atoms with Crippen LogP contribution in [0, 0.1) is 0 Å². The van der Waals surface area contributed by atoms with Crippen LogP contribution in [0.2, 0.25) is 0 Å². The average molecular weight is 269 g/mol. The van der Waals surface area contributed by atoms with Crippen LogP contribution in [-0.2, 0) is 23.0 Å². The third-order valence-electron chi connectivity index (χ3n) is 3.29. The molecule has 3 N–H and O–H groups in total. The van der Waals surface area contributed by atoms with E-state index < -0.39 is 10.0 Å². The molecule has 0 unspecified atom stereocenters. The molecule has 0 atom stereocenters. The zero-order valence-electron chi connectivity index (χ0n) is 10.5. The number of hydrogen-bond acceptors (Lipinski definition) is 4. The predicted octanol–water partition coefficient (Wildman–Crippen LogP) is -0.0885. The Bertz CT molecular complexity index is 528. The van der Waals surface area contributed by atoms with E-state index in [0.717, 1.165) is 31.6 Å². The summed E-state index contributed by atoms with van der Waals surface area (Å²) in [4.78, 5) is 2.58. The maximum absolute atomic E-state index is 11.7. The molecule has 1 heterocycles. The van der Waals surface area contributed by atoms with Gasteiger partial charge in [-0.05, 0) is 36.7 Å². The highest BCUT2D eigenvalue weighted by atomic mass is 32.2. The Hall–Kier alpha value is -0.950. The van der Waals surface area contributed by atoms with Crippen molar-refractivity contribution in [3.63, 3.8) is 0 Å². The van der Waals surface area contributed by atoms with Gasteiger partial charge >= 0.3 is 0 Å².